The second kappa shape index (κ2) is 17.2. The van der Waals surface area contributed by atoms with Crippen LogP contribution < -0.4 is 21.3 Å². The van der Waals surface area contributed by atoms with Crippen molar-refractivity contribution in [3.8, 4) is 0 Å². The quantitative estimate of drug-likeness (QED) is 0.105. The predicted octanol–water partition coefficient (Wildman–Crippen LogP) is 3.29. The van der Waals surface area contributed by atoms with Gasteiger partial charge in [-0.25, -0.2) is 19.7 Å². The highest BCUT2D eigenvalue weighted by Crippen LogP contribution is 2.33. The van der Waals surface area contributed by atoms with Gasteiger partial charge in [0.05, 0.1) is 12.9 Å². The van der Waals surface area contributed by atoms with Crippen LogP contribution >= 0.6 is 0 Å². The van der Waals surface area contributed by atoms with Crippen molar-refractivity contribution in [1.82, 2.24) is 40.4 Å². The number of amides is 3. The maximum Gasteiger partial charge on any atom is 0.315 e. The summed E-state index contributed by atoms with van der Waals surface area (Å²) in [7, 11) is 0. The Kier molecular flexibility index (Phi) is 11.7. The van der Waals surface area contributed by atoms with Crippen molar-refractivity contribution < 1.29 is 24.5 Å². The Morgan fingerprint density at radius 1 is 0.870 bits per heavy atom. The number of aromatic nitrogens is 4. The van der Waals surface area contributed by atoms with Gasteiger partial charge in [-0.3, -0.25) is 14.3 Å². The number of rotatable bonds is 13. The number of carbonyl (C=O) groups excluding carboxylic acids is 2. The molecule has 2 aliphatic rings. The molecule has 14 heteroatoms. The van der Waals surface area contributed by atoms with E-state index in [4.69, 9.17) is 14.7 Å². The standard InChI is InChI=1S/C40H47N9O5/c1-2-41-38(52)35-33(50)34(51)39(54-35)49-25-44-32-36(42-22-30(27-14-8-4-9-15-27)28-16-10-5-11-17-28)46-31(47-37(32)49)23-43-40(53)45-29-18-20-48(21-19-29)24-26-12-6-3-7-13-26/h3-17,25,29-30,33-35,39,50-51H,2,18-24H2,1H3,(H,41,52)(H,42,46,47)(H2,43,45,53). The molecule has 14 nitrogen and oxygen atoms in total. The summed E-state index contributed by atoms with van der Waals surface area (Å²) in [6.07, 6.45) is -2.21. The van der Waals surface area contributed by atoms with Gasteiger partial charge in [0.1, 0.15) is 12.2 Å². The summed E-state index contributed by atoms with van der Waals surface area (Å²) >= 11 is 0. The van der Waals surface area contributed by atoms with Crippen molar-refractivity contribution in [3.63, 3.8) is 0 Å². The minimum Gasteiger partial charge on any atom is -0.387 e. The van der Waals surface area contributed by atoms with Crippen LogP contribution in [-0.2, 0) is 22.6 Å². The van der Waals surface area contributed by atoms with Crippen LogP contribution in [0.15, 0.2) is 97.3 Å². The number of aliphatic hydroxyl groups excluding tert-OH is 2. The van der Waals surface area contributed by atoms with Gasteiger partial charge in [-0.2, -0.15) is 0 Å². The number of likely N-dealkylation sites (N-methyl/N-ethyl adjacent to an activating group) is 1. The molecule has 7 rings (SSSR count). The molecule has 5 aromatic rings. The molecule has 6 N–H and O–H groups in total. The van der Waals surface area contributed by atoms with Crippen molar-refractivity contribution in [2.45, 2.75) is 69.4 Å². The van der Waals surface area contributed by atoms with Crippen molar-refractivity contribution in [1.29, 1.82) is 0 Å². The molecular weight excluding hydrogens is 686 g/mol. The second-order valence-corrected chi connectivity index (χ2v) is 13.8. The van der Waals surface area contributed by atoms with Gasteiger partial charge in [0, 0.05) is 44.7 Å². The number of nitrogens with zero attached hydrogens (tertiary/aromatic N) is 5. The van der Waals surface area contributed by atoms with Gasteiger partial charge in [-0.15, -0.1) is 0 Å². The van der Waals surface area contributed by atoms with E-state index >= 15 is 0 Å². The number of nitrogens with one attached hydrogen (secondary N) is 4. The first-order valence-corrected chi connectivity index (χ1v) is 18.5. The molecular formula is C40H47N9O5. The molecule has 0 aliphatic carbocycles. The number of urea groups is 1. The van der Waals surface area contributed by atoms with E-state index in [9.17, 15) is 19.8 Å². The van der Waals surface area contributed by atoms with E-state index < -0.39 is 30.4 Å². The fourth-order valence-electron chi connectivity index (χ4n) is 7.20. The van der Waals surface area contributed by atoms with Crippen LogP contribution in [0.5, 0.6) is 0 Å². The zero-order valence-corrected chi connectivity index (χ0v) is 30.2. The van der Waals surface area contributed by atoms with Crippen molar-refractivity contribution in [2.24, 2.45) is 0 Å². The summed E-state index contributed by atoms with van der Waals surface area (Å²) in [5.74, 6) is 0.160. The minimum atomic E-state index is -1.47. The Morgan fingerprint density at radius 3 is 2.17 bits per heavy atom. The fourth-order valence-corrected chi connectivity index (χ4v) is 7.20. The second-order valence-electron chi connectivity index (χ2n) is 13.8. The van der Waals surface area contributed by atoms with Gasteiger partial charge in [0.2, 0.25) is 0 Å². The molecule has 3 amide bonds. The number of ether oxygens (including phenoxy) is 1. The first kappa shape index (κ1) is 36.9. The highest BCUT2D eigenvalue weighted by molar-refractivity contribution is 5.84. The van der Waals surface area contributed by atoms with E-state index in [1.54, 1.807) is 6.92 Å². The molecule has 4 unspecified atom stereocenters. The first-order valence-electron chi connectivity index (χ1n) is 18.5. The molecule has 0 saturated carbocycles. The Hall–Kier alpha value is -5.41. The van der Waals surface area contributed by atoms with Crippen molar-refractivity contribution in [3.05, 3.63) is 120 Å². The molecule has 4 heterocycles. The van der Waals surface area contributed by atoms with Gasteiger partial charge in [0.15, 0.2) is 35.1 Å². The van der Waals surface area contributed by atoms with Gasteiger partial charge < -0.3 is 36.2 Å². The van der Waals surface area contributed by atoms with Gasteiger partial charge in [-0.1, -0.05) is 91.0 Å². The van der Waals surface area contributed by atoms with Crippen LogP contribution in [0.25, 0.3) is 11.2 Å². The predicted molar refractivity (Wildman–Crippen MR) is 203 cm³/mol. The normalized spacial score (nSPS) is 20.6. The van der Waals surface area contributed by atoms with E-state index in [2.05, 4.69) is 79.7 Å². The number of hydrogen-bond acceptors (Lipinski definition) is 10. The van der Waals surface area contributed by atoms with E-state index in [-0.39, 0.29) is 24.5 Å². The number of benzene rings is 3. The first-order chi connectivity index (χ1) is 26.4. The SMILES string of the molecule is CCNC(=O)C1OC(n2cnc3c(NCC(c4ccccc4)c4ccccc4)nc(CNC(=O)NC4CCN(Cc5ccccc5)CC4)nc32)C(O)C1O. The fraction of sp³-hybridized carbons (Fsp3) is 0.375. The zero-order chi connectivity index (χ0) is 37.4. The summed E-state index contributed by atoms with van der Waals surface area (Å²) in [6.45, 7) is 5.23. The van der Waals surface area contributed by atoms with E-state index in [1.807, 2.05) is 42.5 Å². The topological polar surface area (TPSA) is 179 Å². The maximum absolute atomic E-state index is 13.1. The number of likely N-dealkylation sites (tertiary alicyclic amines) is 1. The van der Waals surface area contributed by atoms with Gasteiger partial charge >= 0.3 is 6.03 Å². The molecule has 3 aromatic carbocycles. The summed E-state index contributed by atoms with van der Waals surface area (Å²) in [5, 5.41) is 33.9. The monoisotopic (exact) mass is 733 g/mol. The molecule has 0 spiro atoms. The lowest BCUT2D eigenvalue weighted by Gasteiger charge is -2.32. The number of fused-ring (bicyclic) bond motifs is 1. The van der Waals surface area contributed by atoms with Gasteiger partial charge in [-0.05, 0) is 36.5 Å². The Labute approximate surface area is 314 Å². The van der Waals surface area contributed by atoms with Crippen LogP contribution in [0.1, 0.15) is 54.4 Å². The Balaban J connectivity index is 1.10. The molecule has 2 aliphatic heterocycles. The lowest BCUT2D eigenvalue weighted by molar-refractivity contribution is -0.137. The molecule has 0 bridgehead atoms. The van der Waals surface area contributed by atoms with Gasteiger partial charge in [0.25, 0.3) is 5.91 Å². The highest BCUT2D eigenvalue weighted by atomic mass is 16.6. The number of hydrogen-bond donors (Lipinski definition) is 6. The van der Waals surface area contributed by atoms with E-state index in [0.29, 0.717) is 35.9 Å². The molecule has 0 radical (unpaired) electrons. The van der Waals surface area contributed by atoms with Crippen molar-refractivity contribution in [2.75, 3.05) is 31.5 Å². The smallest absolute Gasteiger partial charge is 0.315 e. The van der Waals surface area contributed by atoms with Crippen LogP contribution in [-0.4, -0.2) is 97.1 Å². The summed E-state index contributed by atoms with van der Waals surface area (Å²) in [6, 6.07) is 30.4. The third-order valence-electron chi connectivity index (χ3n) is 10.0. The molecule has 2 fully saturated rings. The highest BCUT2D eigenvalue weighted by Gasteiger charge is 2.47. The summed E-state index contributed by atoms with van der Waals surface area (Å²) < 4.78 is 7.41. The van der Waals surface area contributed by atoms with Crippen LogP contribution in [0.4, 0.5) is 10.6 Å². The average molecular weight is 734 g/mol. The molecule has 282 valence electrons. The summed E-state index contributed by atoms with van der Waals surface area (Å²) in [5.41, 5.74) is 4.21. The number of imidazole rings is 1. The third kappa shape index (κ3) is 8.52. The lowest BCUT2D eigenvalue weighted by Crippen LogP contribution is -2.47. The molecule has 2 aromatic heterocycles. The van der Waals surface area contributed by atoms with Crippen LogP contribution in [0.2, 0.25) is 0 Å². The van der Waals surface area contributed by atoms with Crippen LogP contribution in [0, 0.1) is 0 Å². The lowest BCUT2D eigenvalue weighted by atomic mass is 9.91. The van der Waals surface area contributed by atoms with Crippen molar-refractivity contribution >= 4 is 28.9 Å². The minimum absolute atomic E-state index is 0.00746. The largest absolute Gasteiger partial charge is 0.387 e. The molecule has 54 heavy (non-hydrogen) atoms. The van der Waals surface area contributed by atoms with Crippen LogP contribution in [0.3, 0.4) is 0 Å². The number of aliphatic hydroxyl groups is 2. The average Bonchev–Trinajstić information content (AvgIpc) is 3.75. The maximum atomic E-state index is 13.1. The zero-order valence-electron chi connectivity index (χ0n) is 30.2. The molecule has 2 saturated heterocycles. The Morgan fingerprint density at radius 2 is 1.52 bits per heavy atom. The molecule has 4 atom stereocenters. The third-order valence-corrected chi connectivity index (χ3v) is 10.0. The number of piperidine rings is 1. The summed E-state index contributed by atoms with van der Waals surface area (Å²) in [4.78, 5) is 42.3. The Bertz CT molecular complexity index is 1950. The number of anilines is 1. The van der Waals surface area contributed by atoms with E-state index in [1.165, 1.54) is 16.5 Å². The number of carbonyl (C=O) groups is 2. The van der Waals surface area contributed by atoms with E-state index in [0.717, 1.165) is 43.6 Å².